The number of rotatable bonds is 0. The van der Waals surface area contributed by atoms with Gasteiger partial charge in [0.2, 0.25) is 0 Å². The van der Waals surface area contributed by atoms with Crippen LogP contribution in [-0.2, 0) is 4.74 Å². The molecule has 112 valence electrons. The molecule has 0 fully saturated rings. The van der Waals surface area contributed by atoms with Crippen LogP contribution in [0, 0.1) is 37.5 Å². The first kappa shape index (κ1) is 15.2. The first-order valence-electron chi connectivity index (χ1n) is 7.69. The number of hydrogen-bond donors (Lipinski definition) is 0. The van der Waals surface area contributed by atoms with Gasteiger partial charge in [-0.15, -0.1) is 0 Å². The average Bonchev–Trinajstić information content (AvgIpc) is 3.01. The lowest BCUT2D eigenvalue weighted by Gasteiger charge is -1.96. The molecule has 0 saturated heterocycles. The van der Waals surface area contributed by atoms with Gasteiger partial charge in [0.05, 0.1) is 13.2 Å². The summed E-state index contributed by atoms with van der Waals surface area (Å²) in [6.07, 6.45) is 0. The average molecular weight is 298 g/mol. The van der Waals surface area contributed by atoms with Gasteiger partial charge in [-0.25, -0.2) is 0 Å². The van der Waals surface area contributed by atoms with Crippen molar-refractivity contribution in [1.29, 1.82) is 0 Å². The van der Waals surface area contributed by atoms with Crippen LogP contribution in [-0.4, -0.2) is 13.2 Å². The normalized spacial score (nSPS) is 13.1. The summed E-state index contributed by atoms with van der Waals surface area (Å²) in [4.78, 5) is 0. The van der Waals surface area contributed by atoms with Crippen LogP contribution >= 0.6 is 0 Å². The minimum absolute atomic E-state index is 0.552. The highest BCUT2D eigenvalue weighted by Crippen LogP contribution is 2.14. The fourth-order valence-corrected chi connectivity index (χ4v) is 2.36. The molecule has 0 saturated carbocycles. The zero-order chi connectivity index (χ0) is 16.1. The number of hydrogen-bond acceptors (Lipinski definition) is 1. The highest BCUT2D eigenvalue weighted by molar-refractivity contribution is 5.53. The third-order valence-electron chi connectivity index (χ3n) is 3.84. The molecule has 0 aliphatic carbocycles. The van der Waals surface area contributed by atoms with E-state index in [9.17, 15) is 0 Å². The molecule has 0 amide bonds. The van der Waals surface area contributed by atoms with Crippen molar-refractivity contribution in [3.05, 3.63) is 81.9 Å². The van der Waals surface area contributed by atoms with E-state index in [2.05, 4.69) is 49.7 Å². The lowest BCUT2D eigenvalue weighted by atomic mass is 10.1. The summed E-state index contributed by atoms with van der Waals surface area (Å²) < 4.78 is 5.53. The van der Waals surface area contributed by atoms with Crippen molar-refractivity contribution >= 4 is 0 Å². The predicted octanol–water partition coefficient (Wildman–Crippen LogP) is 4.03. The summed E-state index contributed by atoms with van der Waals surface area (Å²) in [6.45, 7) is 5.25. The first-order valence-corrected chi connectivity index (χ1v) is 7.69. The Morgan fingerprint density at radius 1 is 0.652 bits per heavy atom. The second-order valence-corrected chi connectivity index (χ2v) is 5.58. The van der Waals surface area contributed by atoms with E-state index < -0.39 is 0 Å². The van der Waals surface area contributed by atoms with Crippen LogP contribution in [0.4, 0.5) is 0 Å². The van der Waals surface area contributed by atoms with E-state index in [1.54, 1.807) is 0 Å². The third-order valence-corrected chi connectivity index (χ3v) is 3.84. The zero-order valence-electron chi connectivity index (χ0n) is 13.4. The van der Waals surface area contributed by atoms with Crippen LogP contribution in [0.1, 0.15) is 22.3 Å². The largest absolute Gasteiger partial charge is 0.371 e. The minimum atomic E-state index is 0.552. The van der Waals surface area contributed by atoms with Gasteiger partial charge in [0.15, 0.2) is 0 Å². The van der Waals surface area contributed by atoms with Gasteiger partial charge < -0.3 is 4.74 Å². The van der Waals surface area contributed by atoms with Crippen LogP contribution in [0.5, 0.6) is 0 Å². The maximum Gasteiger partial charge on any atom is 0.0810 e. The van der Waals surface area contributed by atoms with E-state index in [0.29, 0.717) is 13.2 Å². The van der Waals surface area contributed by atoms with E-state index in [4.69, 9.17) is 4.74 Å². The Balaban J connectivity index is 1.89. The van der Waals surface area contributed by atoms with Crippen molar-refractivity contribution in [3.63, 3.8) is 0 Å². The molecule has 0 aromatic heterocycles. The lowest BCUT2D eigenvalue weighted by Crippen LogP contribution is -1.86. The quantitative estimate of drug-likeness (QED) is 0.667. The van der Waals surface area contributed by atoms with Gasteiger partial charge in [-0.1, -0.05) is 60.1 Å². The maximum absolute atomic E-state index is 5.53. The predicted molar refractivity (Wildman–Crippen MR) is 94.0 cm³/mol. The Morgan fingerprint density at radius 3 is 1.52 bits per heavy atom. The van der Waals surface area contributed by atoms with Gasteiger partial charge in [-0.05, 0) is 37.1 Å². The summed E-state index contributed by atoms with van der Waals surface area (Å²) in [5.41, 5.74) is 6.47. The summed E-state index contributed by atoms with van der Waals surface area (Å²) in [7, 11) is 0. The van der Waals surface area contributed by atoms with Gasteiger partial charge in [0, 0.05) is 22.3 Å². The molecule has 0 unspecified atom stereocenters. The van der Waals surface area contributed by atoms with Crippen molar-refractivity contribution in [3.8, 4) is 23.7 Å². The fraction of sp³-hybridized carbons (Fsp3) is 0.182. The molecule has 0 N–H and O–H groups in total. The monoisotopic (exact) mass is 298 g/mol. The highest BCUT2D eigenvalue weighted by Gasteiger charge is 2.11. The molecule has 1 heterocycles. The van der Waals surface area contributed by atoms with E-state index in [1.807, 2.05) is 36.4 Å². The molecule has 1 heteroatoms. The van der Waals surface area contributed by atoms with Crippen LogP contribution in [0.25, 0.3) is 0 Å². The van der Waals surface area contributed by atoms with Gasteiger partial charge in [0.1, 0.15) is 0 Å². The topological polar surface area (TPSA) is 9.23 Å². The lowest BCUT2D eigenvalue weighted by molar-refractivity contribution is 0.208. The first-order chi connectivity index (χ1) is 11.2. The maximum atomic E-state index is 5.53. The third kappa shape index (κ3) is 3.72. The molecule has 2 aromatic carbocycles. The summed E-state index contributed by atoms with van der Waals surface area (Å²) in [6, 6.07) is 16.3. The molecule has 1 aliphatic heterocycles. The Morgan fingerprint density at radius 2 is 1.09 bits per heavy atom. The molecule has 0 spiro atoms. The second-order valence-electron chi connectivity index (χ2n) is 5.58. The van der Waals surface area contributed by atoms with Gasteiger partial charge in [-0.2, -0.15) is 0 Å². The van der Waals surface area contributed by atoms with Crippen LogP contribution in [0.3, 0.4) is 0 Å². The summed E-state index contributed by atoms with van der Waals surface area (Å²) in [5.74, 6) is 13.0. The molecule has 3 rings (SSSR count). The number of aryl methyl sites for hydroxylation is 2. The molecule has 2 aromatic rings. The number of ether oxygens (including phenoxy) is 1. The van der Waals surface area contributed by atoms with E-state index in [-0.39, 0.29) is 0 Å². The summed E-state index contributed by atoms with van der Waals surface area (Å²) >= 11 is 0. The Hall–Kier alpha value is -2.74. The number of benzene rings is 2. The fourth-order valence-electron chi connectivity index (χ4n) is 2.36. The molecular formula is C22H18O. The van der Waals surface area contributed by atoms with Gasteiger partial charge in [-0.3, -0.25) is 0 Å². The van der Waals surface area contributed by atoms with Crippen molar-refractivity contribution < 1.29 is 4.74 Å². The molecule has 1 aliphatic rings. The van der Waals surface area contributed by atoms with E-state index in [1.165, 1.54) is 11.1 Å². The van der Waals surface area contributed by atoms with Crippen molar-refractivity contribution in [2.45, 2.75) is 13.8 Å². The Labute approximate surface area is 138 Å². The van der Waals surface area contributed by atoms with E-state index in [0.717, 1.165) is 22.3 Å². The smallest absolute Gasteiger partial charge is 0.0810 e. The highest BCUT2D eigenvalue weighted by atomic mass is 16.5. The van der Waals surface area contributed by atoms with Crippen molar-refractivity contribution in [2.24, 2.45) is 0 Å². The second kappa shape index (κ2) is 7.01. The van der Waals surface area contributed by atoms with Crippen molar-refractivity contribution in [2.75, 3.05) is 13.2 Å². The molecule has 0 atom stereocenters. The van der Waals surface area contributed by atoms with Crippen molar-refractivity contribution in [1.82, 2.24) is 0 Å². The minimum Gasteiger partial charge on any atom is -0.371 e. The van der Waals surface area contributed by atoms with Crippen LogP contribution in [0.15, 0.2) is 59.7 Å². The molecule has 0 bridgehead atoms. The SMILES string of the molecule is Cc1ccccc1C#CC1=C(C#Cc2ccccc2C)COC1. The molecular weight excluding hydrogens is 280 g/mol. The van der Waals surface area contributed by atoms with Crippen LogP contribution in [0.2, 0.25) is 0 Å². The Bertz CT molecular complexity index is 806. The van der Waals surface area contributed by atoms with Crippen LogP contribution < -0.4 is 0 Å². The molecule has 23 heavy (non-hydrogen) atoms. The van der Waals surface area contributed by atoms with Gasteiger partial charge >= 0.3 is 0 Å². The molecule has 1 nitrogen and oxygen atoms in total. The Kier molecular flexibility index (Phi) is 4.62. The summed E-state index contributed by atoms with van der Waals surface area (Å²) in [5, 5.41) is 0. The zero-order valence-corrected chi connectivity index (χ0v) is 13.4. The molecule has 0 radical (unpaired) electrons. The van der Waals surface area contributed by atoms with E-state index >= 15 is 0 Å². The van der Waals surface area contributed by atoms with Gasteiger partial charge in [0.25, 0.3) is 0 Å². The standard InChI is InChI=1S/C22H18O/c1-17-7-3-5-9-19(17)11-13-21-15-23-16-22(21)14-12-20-10-6-4-8-18(20)2/h3-10H,15-16H2,1-2H3.